The Kier molecular flexibility index (Phi) is 7.32. The molecule has 4 rings (SSSR count). The first kappa shape index (κ1) is 22.9. The lowest BCUT2D eigenvalue weighted by atomic mass is 9.87. The SMILES string of the molecule is Nc1ccc(C(=O)N(CCN2CCC(C(O)c3ccc(F)cc3)CC2)c2cccnc2)cc1. The molecule has 0 spiro atoms. The first-order chi connectivity index (χ1) is 16.0. The number of nitrogens with two attached hydrogens (primary N) is 1. The van der Waals surface area contributed by atoms with E-state index in [4.69, 9.17) is 5.73 Å². The molecule has 1 aromatic heterocycles. The predicted molar refractivity (Wildman–Crippen MR) is 127 cm³/mol. The number of benzene rings is 2. The molecule has 2 aromatic carbocycles. The Bertz CT molecular complexity index is 1040. The molecule has 0 bridgehead atoms. The van der Waals surface area contributed by atoms with E-state index >= 15 is 0 Å². The molecule has 0 saturated carbocycles. The van der Waals surface area contributed by atoms with Crippen LogP contribution in [0.4, 0.5) is 15.8 Å². The molecule has 1 aliphatic heterocycles. The van der Waals surface area contributed by atoms with Crippen molar-refractivity contribution in [3.05, 3.63) is 90.0 Å². The summed E-state index contributed by atoms with van der Waals surface area (Å²) in [7, 11) is 0. The first-order valence-corrected chi connectivity index (χ1v) is 11.2. The topological polar surface area (TPSA) is 82.7 Å². The number of carbonyl (C=O) groups excluding carboxylic acids is 1. The van der Waals surface area contributed by atoms with Gasteiger partial charge in [-0.05, 0) is 85.9 Å². The number of halogens is 1. The maximum Gasteiger partial charge on any atom is 0.258 e. The third-order valence-electron chi connectivity index (χ3n) is 6.29. The number of piperidine rings is 1. The van der Waals surface area contributed by atoms with E-state index in [-0.39, 0.29) is 17.6 Å². The third-order valence-corrected chi connectivity index (χ3v) is 6.29. The molecule has 7 heteroatoms. The second-order valence-corrected chi connectivity index (χ2v) is 8.47. The van der Waals surface area contributed by atoms with Gasteiger partial charge in [0.25, 0.3) is 5.91 Å². The Morgan fingerprint density at radius 1 is 1.12 bits per heavy atom. The molecule has 0 aliphatic carbocycles. The van der Waals surface area contributed by atoms with Gasteiger partial charge in [-0.1, -0.05) is 12.1 Å². The number of aliphatic hydroxyl groups is 1. The highest BCUT2D eigenvalue weighted by Crippen LogP contribution is 2.31. The average molecular weight is 449 g/mol. The van der Waals surface area contributed by atoms with Crippen LogP contribution in [0.5, 0.6) is 0 Å². The first-order valence-electron chi connectivity index (χ1n) is 11.2. The number of aliphatic hydroxyl groups excluding tert-OH is 1. The molecule has 1 amide bonds. The Morgan fingerprint density at radius 3 is 2.45 bits per heavy atom. The number of rotatable bonds is 7. The molecule has 2 heterocycles. The summed E-state index contributed by atoms with van der Waals surface area (Å²) in [6, 6.07) is 16.7. The van der Waals surface area contributed by atoms with Gasteiger partial charge in [-0.15, -0.1) is 0 Å². The van der Waals surface area contributed by atoms with Gasteiger partial charge in [0.2, 0.25) is 0 Å². The highest BCUT2D eigenvalue weighted by molar-refractivity contribution is 6.06. The Morgan fingerprint density at radius 2 is 1.82 bits per heavy atom. The largest absolute Gasteiger partial charge is 0.399 e. The van der Waals surface area contributed by atoms with Crippen molar-refractivity contribution < 1.29 is 14.3 Å². The fourth-order valence-corrected chi connectivity index (χ4v) is 4.31. The highest BCUT2D eigenvalue weighted by atomic mass is 19.1. The fourth-order valence-electron chi connectivity index (χ4n) is 4.31. The van der Waals surface area contributed by atoms with E-state index in [2.05, 4.69) is 9.88 Å². The average Bonchev–Trinajstić information content (AvgIpc) is 2.85. The van der Waals surface area contributed by atoms with Crippen molar-refractivity contribution in [1.82, 2.24) is 9.88 Å². The van der Waals surface area contributed by atoms with Gasteiger partial charge >= 0.3 is 0 Å². The van der Waals surface area contributed by atoms with Crippen molar-refractivity contribution in [2.45, 2.75) is 18.9 Å². The molecule has 172 valence electrons. The van der Waals surface area contributed by atoms with Gasteiger partial charge in [0.05, 0.1) is 18.0 Å². The van der Waals surface area contributed by atoms with E-state index in [9.17, 15) is 14.3 Å². The van der Waals surface area contributed by atoms with E-state index in [0.717, 1.165) is 43.7 Å². The minimum Gasteiger partial charge on any atom is -0.399 e. The quantitative estimate of drug-likeness (QED) is 0.536. The normalized spacial score (nSPS) is 15.8. The summed E-state index contributed by atoms with van der Waals surface area (Å²) < 4.78 is 13.2. The van der Waals surface area contributed by atoms with Gasteiger partial charge in [-0.2, -0.15) is 0 Å². The van der Waals surface area contributed by atoms with Crippen LogP contribution in [0.25, 0.3) is 0 Å². The van der Waals surface area contributed by atoms with Crippen LogP contribution in [0.15, 0.2) is 73.1 Å². The second kappa shape index (κ2) is 10.6. The summed E-state index contributed by atoms with van der Waals surface area (Å²) in [4.78, 5) is 21.5. The zero-order chi connectivity index (χ0) is 23.2. The van der Waals surface area contributed by atoms with E-state index in [1.807, 2.05) is 12.1 Å². The van der Waals surface area contributed by atoms with E-state index in [0.29, 0.717) is 17.8 Å². The number of hydrogen-bond donors (Lipinski definition) is 2. The van der Waals surface area contributed by atoms with Gasteiger partial charge in [-0.3, -0.25) is 9.78 Å². The van der Waals surface area contributed by atoms with Crippen molar-refractivity contribution in [2.24, 2.45) is 5.92 Å². The summed E-state index contributed by atoms with van der Waals surface area (Å²) in [6.07, 6.45) is 4.48. The maximum atomic E-state index is 13.2. The van der Waals surface area contributed by atoms with Crippen molar-refractivity contribution in [2.75, 3.05) is 36.8 Å². The fraction of sp³-hybridized carbons (Fsp3) is 0.308. The van der Waals surface area contributed by atoms with Crippen LogP contribution in [0, 0.1) is 11.7 Å². The van der Waals surface area contributed by atoms with Crippen LogP contribution in [0.2, 0.25) is 0 Å². The van der Waals surface area contributed by atoms with Gasteiger partial charge < -0.3 is 20.6 Å². The Hall–Kier alpha value is -3.29. The maximum absolute atomic E-state index is 13.2. The highest BCUT2D eigenvalue weighted by Gasteiger charge is 2.27. The van der Waals surface area contributed by atoms with E-state index in [1.165, 1.54) is 12.1 Å². The van der Waals surface area contributed by atoms with Crippen LogP contribution in [0.3, 0.4) is 0 Å². The second-order valence-electron chi connectivity index (χ2n) is 8.47. The van der Waals surface area contributed by atoms with Crippen molar-refractivity contribution in [3.8, 4) is 0 Å². The molecule has 6 nitrogen and oxygen atoms in total. The molecule has 1 saturated heterocycles. The number of aromatic nitrogens is 1. The minimum atomic E-state index is -0.591. The van der Waals surface area contributed by atoms with Gasteiger partial charge in [0, 0.05) is 30.5 Å². The summed E-state index contributed by atoms with van der Waals surface area (Å²) in [5.41, 5.74) is 8.47. The van der Waals surface area contributed by atoms with Crippen molar-refractivity contribution in [3.63, 3.8) is 0 Å². The van der Waals surface area contributed by atoms with Crippen LogP contribution >= 0.6 is 0 Å². The molecule has 1 unspecified atom stereocenters. The smallest absolute Gasteiger partial charge is 0.258 e. The Labute approximate surface area is 193 Å². The number of amides is 1. The molecule has 3 aromatic rings. The number of likely N-dealkylation sites (tertiary alicyclic amines) is 1. The van der Waals surface area contributed by atoms with Gasteiger partial charge in [-0.25, -0.2) is 4.39 Å². The summed E-state index contributed by atoms with van der Waals surface area (Å²) in [6.45, 7) is 2.91. The van der Waals surface area contributed by atoms with Crippen LogP contribution in [0.1, 0.15) is 34.9 Å². The van der Waals surface area contributed by atoms with E-state index < -0.39 is 6.10 Å². The lowest BCUT2D eigenvalue weighted by Crippen LogP contribution is -2.42. The standard InChI is InChI=1S/C26H29FN4O2/c27-22-7-3-19(4-8-22)25(32)20-11-14-30(15-12-20)16-17-31(24-2-1-13-29-18-24)26(33)21-5-9-23(28)10-6-21/h1-10,13,18,20,25,32H,11-12,14-17,28H2. The van der Waals surface area contributed by atoms with Crippen molar-refractivity contribution in [1.29, 1.82) is 0 Å². The number of carbonyl (C=O) groups is 1. The summed E-state index contributed by atoms with van der Waals surface area (Å²) in [5.74, 6) is -0.255. The van der Waals surface area contributed by atoms with E-state index in [1.54, 1.807) is 53.7 Å². The number of nitrogen functional groups attached to an aromatic ring is 1. The summed E-state index contributed by atoms with van der Waals surface area (Å²) >= 11 is 0. The number of pyridine rings is 1. The lowest BCUT2D eigenvalue weighted by Gasteiger charge is -2.35. The van der Waals surface area contributed by atoms with Gasteiger partial charge in [0.1, 0.15) is 5.82 Å². The van der Waals surface area contributed by atoms with Crippen LogP contribution in [-0.2, 0) is 0 Å². The third kappa shape index (κ3) is 5.74. The molecule has 1 aliphatic rings. The number of anilines is 2. The zero-order valence-corrected chi connectivity index (χ0v) is 18.5. The molecular weight excluding hydrogens is 419 g/mol. The predicted octanol–water partition coefficient (Wildman–Crippen LogP) is 3.90. The summed E-state index contributed by atoms with van der Waals surface area (Å²) in [5, 5.41) is 10.7. The number of hydrogen-bond acceptors (Lipinski definition) is 5. The lowest BCUT2D eigenvalue weighted by molar-refractivity contribution is 0.0594. The molecule has 1 fully saturated rings. The molecule has 3 N–H and O–H groups in total. The number of nitrogens with zero attached hydrogens (tertiary/aromatic N) is 3. The molecule has 33 heavy (non-hydrogen) atoms. The van der Waals surface area contributed by atoms with Crippen LogP contribution < -0.4 is 10.6 Å². The monoisotopic (exact) mass is 448 g/mol. The van der Waals surface area contributed by atoms with Gasteiger partial charge in [0.15, 0.2) is 0 Å². The van der Waals surface area contributed by atoms with Crippen molar-refractivity contribution >= 4 is 17.3 Å². The Balaban J connectivity index is 1.37. The molecule has 0 radical (unpaired) electrons. The molecule has 1 atom stereocenters. The zero-order valence-electron chi connectivity index (χ0n) is 18.5. The minimum absolute atomic E-state index is 0.0929. The van der Waals surface area contributed by atoms with Crippen LogP contribution in [-0.4, -0.2) is 47.1 Å². The molecular formula is C26H29FN4O2.